The predicted molar refractivity (Wildman–Crippen MR) is 119 cm³/mol. The molecule has 0 bridgehead atoms. The van der Waals surface area contributed by atoms with Crippen LogP contribution in [-0.2, 0) is 4.74 Å². The van der Waals surface area contributed by atoms with Gasteiger partial charge in [0, 0.05) is 18.2 Å². The zero-order valence-electron chi connectivity index (χ0n) is 18.1. The highest BCUT2D eigenvalue weighted by molar-refractivity contribution is 5.65. The maximum Gasteiger partial charge on any atom is 0.404 e. The Morgan fingerprint density at radius 1 is 1.00 bits per heavy atom. The van der Waals surface area contributed by atoms with Crippen LogP contribution in [0.2, 0.25) is 0 Å². The fraction of sp³-hybridized carbons (Fsp3) is 0.304. The first-order valence-corrected chi connectivity index (χ1v) is 10.3. The number of carbonyl (C=O) groups is 1. The molecular weight excluding hydrogens is 414 g/mol. The monoisotopic (exact) mass is 441 g/mol. The summed E-state index contributed by atoms with van der Waals surface area (Å²) in [5.74, 6) is 1.90. The number of hydrogen-bond acceptors (Lipinski definition) is 6. The number of rotatable bonds is 12. The minimum absolute atomic E-state index is 0.212. The molecule has 1 amide bonds. The molecule has 2 N–H and O–H groups in total. The molecule has 1 heterocycles. The fourth-order valence-corrected chi connectivity index (χ4v) is 2.95. The van der Waals surface area contributed by atoms with Gasteiger partial charge >= 0.3 is 6.09 Å². The van der Waals surface area contributed by atoms with Crippen LogP contribution in [-0.4, -0.2) is 61.1 Å². The van der Waals surface area contributed by atoms with E-state index in [1.54, 1.807) is 7.11 Å². The van der Waals surface area contributed by atoms with Gasteiger partial charge in [-0.15, -0.1) is 5.10 Å². The van der Waals surface area contributed by atoms with Gasteiger partial charge in [-0.1, -0.05) is 0 Å². The molecule has 0 saturated heterocycles. The average Bonchev–Trinajstić information content (AvgIpc) is 3.24. The van der Waals surface area contributed by atoms with Crippen LogP contribution in [0, 0.1) is 0 Å². The molecule has 32 heavy (non-hydrogen) atoms. The Balaban J connectivity index is 1.79. The molecule has 0 spiro atoms. The number of carboxylic acid groups (broad SMARTS) is 1. The maximum absolute atomic E-state index is 10.5. The predicted octanol–water partition coefficient (Wildman–Crippen LogP) is 3.61. The van der Waals surface area contributed by atoms with E-state index in [2.05, 4.69) is 10.4 Å². The summed E-state index contributed by atoms with van der Waals surface area (Å²) in [6.07, 6.45) is -1.07. The molecule has 3 aromatic rings. The molecule has 0 aliphatic carbocycles. The van der Waals surface area contributed by atoms with Crippen molar-refractivity contribution in [1.82, 2.24) is 15.1 Å². The Morgan fingerprint density at radius 3 is 2.38 bits per heavy atom. The molecule has 9 nitrogen and oxygen atoms in total. The quantitative estimate of drug-likeness (QED) is 0.414. The first-order chi connectivity index (χ1) is 15.6. The van der Waals surface area contributed by atoms with Crippen molar-refractivity contribution in [1.29, 1.82) is 0 Å². The van der Waals surface area contributed by atoms with E-state index in [4.69, 9.17) is 24.1 Å². The third-order valence-electron chi connectivity index (χ3n) is 4.48. The summed E-state index contributed by atoms with van der Waals surface area (Å²) in [5, 5.41) is 15.5. The van der Waals surface area contributed by atoms with Gasteiger partial charge in [0.1, 0.15) is 24.7 Å². The summed E-state index contributed by atoms with van der Waals surface area (Å²) >= 11 is 0. The van der Waals surface area contributed by atoms with Crippen molar-refractivity contribution in [3.63, 3.8) is 0 Å². The topological polar surface area (TPSA) is 104 Å². The van der Waals surface area contributed by atoms with E-state index in [0.29, 0.717) is 31.5 Å². The normalized spacial score (nSPS) is 10.6. The first kappa shape index (κ1) is 23.0. The number of methoxy groups -OCH3 is 1. The van der Waals surface area contributed by atoms with E-state index < -0.39 is 6.09 Å². The van der Waals surface area contributed by atoms with Crippen LogP contribution in [0.15, 0.2) is 54.6 Å². The van der Waals surface area contributed by atoms with Crippen LogP contribution >= 0.6 is 0 Å². The number of hydrogen-bond donors (Lipinski definition) is 2. The van der Waals surface area contributed by atoms with Gasteiger partial charge in [-0.2, -0.15) is 0 Å². The zero-order valence-corrected chi connectivity index (χ0v) is 18.1. The summed E-state index contributed by atoms with van der Waals surface area (Å²) in [4.78, 5) is 10.5. The molecule has 0 atom stereocenters. The van der Waals surface area contributed by atoms with Crippen molar-refractivity contribution >= 4 is 6.09 Å². The third kappa shape index (κ3) is 6.39. The van der Waals surface area contributed by atoms with Gasteiger partial charge in [0.15, 0.2) is 0 Å². The standard InChI is InChI=1S/C23H27N3O6/c1-3-30-14-15-32-22-16-21(26(25-22)18-6-10-19(29-2)11-7-18)17-4-8-20(9-5-17)31-13-12-24-23(27)28/h4-11,16,24H,3,12-15H2,1-2H3,(H,27,28). The van der Waals surface area contributed by atoms with E-state index in [9.17, 15) is 4.79 Å². The van der Waals surface area contributed by atoms with Gasteiger partial charge in [-0.05, 0) is 55.5 Å². The summed E-state index contributed by atoms with van der Waals surface area (Å²) < 4.78 is 23.7. The van der Waals surface area contributed by atoms with Crippen molar-refractivity contribution in [2.75, 3.05) is 40.1 Å². The van der Waals surface area contributed by atoms with E-state index in [0.717, 1.165) is 22.7 Å². The maximum atomic E-state index is 10.5. The number of nitrogens with one attached hydrogen (secondary N) is 1. The smallest absolute Gasteiger partial charge is 0.404 e. The van der Waals surface area contributed by atoms with Crippen molar-refractivity contribution in [2.45, 2.75) is 6.92 Å². The molecule has 0 aliphatic rings. The van der Waals surface area contributed by atoms with Gasteiger partial charge in [0.25, 0.3) is 0 Å². The lowest BCUT2D eigenvalue weighted by molar-refractivity contribution is 0.108. The number of amides is 1. The van der Waals surface area contributed by atoms with Gasteiger partial charge in [-0.25, -0.2) is 9.48 Å². The van der Waals surface area contributed by atoms with Crippen LogP contribution in [0.25, 0.3) is 16.9 Å². The van der Waals surface area contributed by atoms with E-state index >= 15 is 0 Å². The zero-order chi connectivity index (χ0) is 22.8. The van der Waals surface area contributed by atoms with Crippen LogP contribution < -0.4 is 19.5 Å². The van der Waals surface area contributed by atoms with E-state index in [-0.39, 0.29) is 13.2 Å². The second-order valence-corrected chi connectivity index (χ2v) is 6.63. The number of aromatic nitrogens is 2. The second kappa shape index (κ2) is 11.6. The summed E-state index contributed by atoms with van der Waals surface area (Å²) in [6, 6.07) is 17.0. The largest absolute Gasteiger partial charge is 0.497 e. The Hall–Kier alpha value is -3.72. The summed E-state index contributed by atoms with van der Waals surface area (Å²) in [7, 11) is 1.63. The first-order valence-electron chi connectivity index (χ1n) is 10.3. The molecule has 0 aliphatic heterocycles. The number of benzene rings is 2. The molecule has 1 aromatic heterocycles. The minimum atomic E-state index is -1.07. The van der Waals surface area contributed by atoms with Gasteiger partial charge < -0.3 is 29.4 Å². The van der Waals surface area contributed by atoms with Gasteiger partial charge in [0.05, 0.1) is 31.6 Å². The number of nitrogens with zero attached hydrogens (tertiary/aromatic N) is 2. The lowest BCUT2D eigenvalue weighted by atomic mass is 10.1. The second-order valence-electron chi connectivity index (χ2n) is 6.63. The molecule has 170 valence electrons. The minimum Gasteiger partial charge on any atom is -0.497 e. The molecule has 0 radical (unpaired) electrons. The molecule has 0 fully saturated rings. The Bertz CT molecular complexity index is 986. The Morgan fingerprint density at radius 2 is 1.72 bits per heavy atom. The van der Waals surface area contributed by atoms with Crippen LogP contribution in [0.1, 0.15) is 6.92 Å². The van der Waals surface area contributed by atoms with Crippen molar-refractivity contribution < 1.29 is 28.8 Å². The third-order valence-corrected chi connectivity index (χ3v) is 4.48. The van der Waals surface area contributed by atoms with Crippen molar-refractivity contribution in [3.05, 3.63) is 54.6 Å². The van der Waals surface area contributed by atoms with Crippen LogP contribution in [0.4, 0.5) is 4.79 Å². The molecule has 9 heteroatoms. The van der Waals surface area contributed by atoms with Gasteiger partial charge in [0.2, 0.25) is 5.88 Å². The lowest BCUT2D eigenvalue weighted by Gasteiger charge is -2.10. The Kier molecular flexibility index (Phi) is 8.33. The van der Waals surface area contributed by atoms with Crippen LogP contribution in [0.3, 0.4) is 0 Å². The fourth-order valence-electron chi connectivity index (χ4n) is 2.95. The molecule has 2 aromatic carbocycles. The highest BCUT2D eigenvalue weighted by atomic mass is 16.5. The Labute approximate surface area is 186 Å². The summed E-state index contributed by atoms with van der Waals surface area (Å²) in [6.45, 7) is 3.92. The molecule has 0 saturated carbocycles. The highest BCUT2D eigenvalue weighted by Crippen LogP contribution is 2.29. The van der Waals surface area contributed by atoms with Gasteiger partial charge in [-0.3, -0.25) is 0 Å². The lowest BCUT2D eigenvalue weighted by Crippen LogP contribution is -2.26. The van der Waals surface area contributed by atoms with Crippen LogP contribution in [0.5, 0.6) is 17.4 Å². The van der Waals surface area contributed by atoms with Crippen molar-refractivity contribution in [3.8, 4) is 34.3 Å². The van der Waals surface area contributed by atoms with E-state index in [1.165, 1.54) is 0 Å². The molecule has 3 rings (SSSR count). The van der Waals surface area contributed by atoms with E-state index in [1.807, 2.05) is 66.2 Å². The summed E-state index contributed by atoms with van der Waals surface area (Å²) in [5.41, 5.74) is 2.63. The highest BCUT2D eigenvalue weighted by Gasteiger charge is 2.13. The molecule has 0 unspecified atom stereocenters. The molecular formula is C23H27N3O6. The average molecular weight is 441 g/mol. The van der Waals surface area contributed by atoms with Crippen molar-refractivity contribution in [2.24, 2.45) is 0 Å². The number of ether oxygens (including phenoxy) is 4. The SMILES string of the molecule is CCOCCOc1cc(-c2ccc(OCCNC(=O)O)cc2)n(-c2ccc(OC)cc2)n1.